The fourth-order valence-corrected chi connectivity index (χ4v) is 3.73. The van der Waals surface area contributed by atoms with Crippen LogP contribution < -0.4 is 11.1 Å². The minimum atomic E-state index is 0.239. The lowest BCUT2D eigenvalue weighted by Crippen LogP contribution is -2.37. The Hall–Kier alpha value is -2.38. The fourth-order valence-electron chi connectivity index (χ4n) is 2.80. The summed E-state index contributed by atoms with van der Waals surface area (Å²) >= 11 is 1.62. The van der Waals surface area contributed by atoms with Crippen LogP contribution in [0.4, 0.5) is 0 Å². The monoisotopic (exact) mass is 356 g/mol. The first-order valence-corrected chi connectivity index (χ1v) is 9.19. The van der Waals surface area contributed by atoms with E-state index in [0.29, 0.717) is 19.0 Å². The summed E-state index contributed by atoms with van der Waals surface area (Å²) in [7, 11) is 0. The van der Waals surface area contributed by atoms with Gasteiger partial charge in [-0.25, -0.2) is 9.98 Å². The van der Waals surface area contributed by atoms with Gasteiger partial charge < -0.3 is 20.2 Å². The van der Waals surface area contributed by atoms with Gasteiger partial charge in [-0.2, -0.15) is 0 Å². The molecule has 0 saturated carbocycles. The van der Waals surface area contributed by atoms with Crippen LogP contribution in [-0.2, 0) is 11.3 Å². The highest BCUT2D eigenvalue weighted by molar-refractivity contribution is 7.21. The second kappa shape index (κ2) is 7.25. The lowest BCUT2D eigenvalue weighted by molar-refractivity contribution is 0.114. The van der Waals surface area contributed by atoms with E-state index in [1.54, 1.807) is 11.3 Å². The summed E-state index contributed by atoms with van der Waals surface area (Å²) in [4.78, 5) is 8.93. The number of para-hydroxylation sites is 1. The molecule has 1 saturated heterocycles. The molecule has 4 rings (SSSR count). The van der Waals surface area contributed by atoms with Crippen LogP contribution in [0.1, 0.15) is 18.6 Å². The second-order valence-corrected chi connectivity index (χ2v) is 7.00. The number of nitrogens with two attached hydrogens (primary N) is 1. The average molecular weight is 356 g/mol. The highest BCUT2D eigenvalue weighted by atomic mass is 32.1. The molecule has 1 aromatic carbocycles. The summed E-state index contributed by atoms with van der Waals surface area (Å²) in [5, 5.41) is 3.98. The maximum atomic E-state index is 5.90. The van der Waals surface area contributed by atoms with Gasteiger partial charge in [-0.15, -0.1) is 11.3 Å². The highest BCUT2D eigenvalue weighted by Gasteiger charge is 2.15. The van der Waals surface area contributed by atoms with Crippen LogP contribution in [0, 0.1) is 0 Å². The molecule has 0 radical (unpaired) electrons. The van der Waals surface area contributed by atoms with Crippen LogP contribution in [0.15, 0.2) is 45.8 Å². The predicted molar refractivity (Wildman–Crippen MR) is 99.6 cm³/mol. The van der Waals surface area contributed by atoms with Crippen LogP contribution in [0.25, 0.3) is 21.0 Å². The van der Waals surface area contributed by atoms with E-state index in [1.807, 2.05) is 30.3 Å². The van der Waals surface area contributed by atoms with Crippen LogP contribution in [0.3, 0.4) is 0 Å². The van der Waals surface area contributed by atoms with E-state index >= 15 is 0 Å². The van der Waals surface area contributed by atoms with Crippen molar-refractivity contribution in [2.75, 3.05) is 13.2 Å². The summed E-state index contributed by atoms with van der Waals surface area (Å²) in [6.07, 6.45) is 2.43. The first-order chi connectivity index (χ1) is 12.3. The number of thiazole rings is 1. The molecule has 0 spiro atoms. The largest absolute Gasteiger partial charge is 0.457 e. The molecule has 3 aromatic rings. The number of aliphatic imine (C=N–C) groups is 1. The number of furan rings is 1. The Bertz CT molecular complexity index is 847. The molecule has 3 N–H and O–H groups in total. The molecule has 25 heavy (non-hydrogen) atoms. The molecular weight excluding hydrogens is 336 g/mol. The quantitative estimate of drug-likeness (QED) is 0.542. The topological polar surface area (TPSA) is 85.7 Å². The maximum absolute atomic E-state index is 5.90. The lowest BCUT2D eigenvalue weighted by atomic mass is 10.2. The van der Waals surface area contributed by atoms with Crippen molar-refractivity contribution in [3.05, 3.63) is 42.2 Å². The smallest absolute Gasteiger partial charge is 0.189 e. The molecule has 1 aliphatic heterocycles. The number of hydrogen-bond donors (Lipinski definition) is 2. The van der Waals surface area contributed by atoms with Gasteiger partial charge in [0.2, 0.25) is 0 Å². The van der Waals surface area contributed by atoms with Crippen molar-refractivity contribution in [2.24, 2.45) is 10.7 Å². The van der Waals surface area contributed by atoms with E-state index in [2.05, 4.69) is 21.4 Å². The van der Waals surface area contributed by atoms with Crippen molar-refractivity contribution in [2.45, 2.75) is 25.5 Å². The maximum Gasteiger partial charge on any atom is 0.189 e. The molecule has 0 aliphatic carbocycles. The number of rotatable bonds is 5. The number of benzene rings is 1. The molecular formula is C18H20N4O2S. The van der Waals surface area contributed by atoms with Crippen LogP contribution >= 0.6 is 11.3 Å². The zero-order valence-electron chi connectivity index (χ0n) is 13.8. The Labute approximate surface area is 149 Å². The zero-order chi connectivity index (χ0) is 17.1. The molecule has 7 heteroatoms. The number of hydrogen-bond acceptors (Lipinski definition) is 5. The third-order valence-electron chi connectivity index (χ3n) is 4.11. The molecule has 1 aliphatic rings. The van der Waals surface area contributed by atoms with Crippen molar-refractivity contribution in [3.8, 4) is 10.8 Å². The van der Waals surface area contributed by atoms with E-state index in [1.165, 1.54) is 0 Å². The number of fused-ring (bicyclic) bond motifs is 1. The molecule has 1 unspecified atom stereocenters. The molecule has 2 aromatic heterocycles. The number of guanidine groups is 1. The number of ether oxygens (including phenoxy) is 1. The lowest BCUT2D eigenvalue weighted by Gasteiger charge is -2.10. The third kappa shape index (κ3) is 3.83. The van der Waals surface area contributed by atoms with Gasteiger partial charge in [0.25, 0.3) is 0 Å². The fraction of sp³-hybridized carbons (Fsp3) is 0.333. The van der Waals surface area contributed by atoms with Crippen molar-refractivity contribution in [3.63, 3.8) is 0 Å². The van der Waals surface area contributed by atoms with Gasteiger partial charge in [-0.3, -0.25) is 0 Å². The Morgan fingerprint density at radius 1 is 1.32 bits per heavy atom. The summed E-state index contributed by atoms with van der Waals surface area (Å²) in [5.74, 6) is 1.93. The van der Waals surface area contributed by atoms with Gasteiger partial charge in [0.05, 0.1) is 16.3 Å². The second-order valence-electron chi connectivity index (χ2n) is 5.97. The van der Waals surface area contributed by atoms with Gasteiger partial charge in [-0.05, 0) is 37.1 Å². The third-order valence-corrected chi connectivity index (χ3v) is 5.16. The Kier molecular flexibility index (Phi) is 4.67. The minimum Gasteiger partial charge on any atom is -0.457 e. The Morgan fingerprint density at radius 2 is 2.24 bits per heavy atom. The van der Waals surface area contributed by atoms with E-state index < -0.39 is 0 Å². The van der Waals surface area contributed by atoms with Gasteiger partial charge in [0.1, 0.15) is 12.3 Å². The molecule has 1 fully saturated rings. The normalized spacial score (nSPS) is 18.1. The minimum absolute atomic E-state index is 0.239. The zero-order valence-corrected chi connectivity index (χ0v) is 14.6. The molecule has 3 heterocycles. The average Bonchev–Trinajstić information content (AvgIpc) is 3.38. The molecule has 6 nitrogen and oxygen atoms in total. The Morgan fingerprint density at radius 3 is 3.08 bits per heavy atom. The van der Waals surface area contributed by atoms with Crippen molar-refractivity contribution in [1.82, 2.24) is 10.3 Å². The van der Waals surface area contributed by atoms with Gasteiger partial charge in [0.15, 0.2) is 16.7 Å². The van der Waals surface area contributed by atoms with Crippen molar-refractivity contribution < 1.29 is 9.15 Å². The van der Waals surface area contributed by atoms with E-state index in [9.17, 15) is 0 Å². The van der Waals surface area contributed by atoms with Crippen molar-refractivity contribution >= 4 is 27.5 Å². The van der Waals surface area contributed by atoms with E-state index in [-0.39, 0.29) is 6.10 Å². The van der Waals surface area contributed by atoms with Gasteiger partial charge in [-0.1, -0.05) is 12.1 Å². The summed E-state index contributed by atoms with van der Waals surface area (Å²) in [5.41, 5.74) is 6.89. The van der Waals surface area contributed by atoms with Crippen molar-refractivity contribution in [1.29, 1.82) is 0 Å². The summed E-state index contributed by atoms with van der Waals surface area (Å²) < 4.78 is 12.6. The number of nitrogens with one attached hydrogen (secondary N) is 1. The molecule has 0 bridgehead atoms. The molecule has 0 amide bonds. The number of aromatic nitrogens is 1. The predicted octanol–water partition coefficient (Wildman–Crippen LogP) is 3.14. The van der Waals surface area contributed by atoms with Gasteiger partial charge >= 0.3 is 0 Å². The highest BCUT2D eigenvalue weighted by Crippen LogP contribution is 2.31. The van der Waals surface area contributed by atoms with Crippen LogP contribution in [0.5, 0.6) is 0 Å². The molecule has 130 valence electrons. The molecule has 1 atom stereocenters. The SMILES string of the molecule is NC(=NCc1ccc(-c2nc3ccccc3s2)o1)NCC1CCCO1. The first kappa shape index (κ1) is 16.1. The summed E-state index contributed by atoms with van der Waals surface area (Å²) in [6.45, 7) is 1.93. The van der Waals surface area contributed by atoms with Crippen LogP contribution in [0.2, 0.25) is 0 Å². The number of nitrogens with zero attached hydrogens (tertiary/aromatic N) is 2. The van der Waals surface area contributed by atoms with Crippen LogP contribution in [-0.4, -0.2) is 30.2 Å². The van der Waals surface area contributed by atoms with Gasteiger partial charge in [0, 0.05) is 13.2 Å². The summed E-state index contributed by atoms with van der Waals surface area (Å²) in [6, 6.07) is 11.9. The van der Waals surface area contributed by atoms with E-state index in [0.717, 1.165) is 46.2 Å². The Balaban J connectivity index is 1.38. The first-order valence-electron chi connectivity index (χ1n) is 8.38. The van der Waals surface area contributed by atoms with E-state index in [4.69, 9.17) is 14.9 Å². The standard InChI is InChI=1S/C18H20N4O2S/c19-18(20-10-12-4-3-9-23-12)21-11-13-7-8-15(24-13)17-22-14-5-1-2-6-16(14)25-17/h1-2,5-8,12H,3-4,9-11H2,(H3,19,20,21).